The lowest BCUT2D eigenvalue weighted by Crippen LogP contribution is -2.37. The molecule has 0 saturated carbocycles. The minimum atomic E-state index is -0.892. The summed E-state index contributed by atoms with van der Waals surface area (Å²) in [6.45, 7) is 1.82. The van der Waals surface area contributed by atoms with Crippen molar-refractivity contribution in [2.45, 2.75) is 13.3 Å². The molecule has 0 aromatic heterocycles. The average molecular weight is 358 g/mol. The third-order valence-electron chi connectivity index (χ3n) is 3.21. The third kappa shape index (κ3) is 6.60. The smallest absolute Gasteiger partial charge is 0.307 e. The molecule has 0 atom stereocenters. The van der Waals surface area contributed by atoms with Gasteiger partial charge in [0.05, 0.1) is 6.42 Å². The zero-order valence-electron chi connectivity index (χ0n) is 13.6. The molecule has 0 radical (unpaired) electrons. The molecule has 2 rings (SSSR count). The maximum absolute atomic E-state index is 11.8. The number of ether oxygens (including phenoxy) is 1. The fraction of sp³-hybridized carbons (Fsp3) is 0.167. The Hall–Kier alpha value is -2.93. The Morgan fingerprint density at radius 2 is 1.72 bits per heavy atom. The van der Waals surface area contributed by atoms with Gasteiger partial charge in [-0.25, -0.2) is 0 Å². The lowest BCUT2D eigenvalue weighted by molar-refractivity contribution is -0.136. The Bertz CT molecular complexity index is 758. The number of benzene rings is 2. The number of carbonyl (C=O) groups is 2. The number of carbonyl (C=O) groups excluding carboxylic acids is 1. The largest absolute Gasteiger partial charge is 0.484 e. The molecule has 0 saturated heterocycles. The van der Waals surface area contributed by atoms with Gasteiger partial charge in [0.1, 0.15) is 5.75 Å². The first-order valence-electron chi connectivity index (χ1n) is 7.53. The van der Waals surface area contributed by atoms with Crippen LogP contribution in [-0.4, -0.2) is 28.7 Å². The van der Waals surface area contributed by atoms with E-state index in [1.165, 1.54) is 0 Å². The van der Waals surface area contributed by atoms with E-state index in [4.69, 9.17) is 22.1 Å². The second-order valence-electron chi connectivity index (χ2n) is 5.37. The molecular weight excluding hydrogens is 340 g/mol. The minimum Gasteiger partial charge on any atom is -0.484 e. The fourth-order valence-corrected chi connectivity index (χ4v) is 2.22. The van der Waals surface area contributed by atoms with Gasteiger partial charge in [-0.15, -0.1) is 0 Å². The molecule has 0 aliphatic heterocycles. The topological polar surface area (TPSA) is 87.7 Å². The predicted octanol–water partition coefficient (Wildman–Crippen LogP) is 2.51. The molecule has 0 bridgehead atoms. The predicted molar refractivity (Wildman–Crippen MR) is 98.8 cm³/mol. The molecular formula is C18H18N2O4S. The second-order valence-corrected chi connectivity index (χ2v) is 5.78. The first-order valence-corrected chi connectivity index (χ1v) is 7.94. The molecule has 1 amide bonds. The van der Waals surface area contributed by atoms with Crippen LogP contribution >= 0.6 is 12.2 Å². The van der Waals surface area contributed by atoms with Gasteiger partial charge in [0, 0.05) is 5.69 Å². The van der Waals surface area contributed by atoms with Gasteiger partial charge in [0.15, 0.2) is 11.7 Å². The van der Waals surface area contributed by atoms with Gasteiger partial charge in [-0.05, 0) is 49.0 Å². The summed E-state index contributed by atoms with van der Waals surface area (Å²) in [4.78, 5) is 22.5. The van der Waals surface area contributed by atoms with E-state index in [1.807, 2.05) is 19.1 Å². The number of thiocarbonyl (C=S) groups is 1. The van der Waals surface area contributed by atoms with E-state index in [1.54, 1.807) is 36.4 Å². The van der Waals surface area contributed by atoms with E-state index in [-0.39, 0.29) is 24.0 Å². The molecule has 25 heavy (non-hydrogen) atoms. The number of amides is 1. The van der Waals surface area contributed by atoms with E-state index in [0.29, 0.717) is 17.0 Å². The summed E-state index contributed by atoms with van der Waals surface area (Å²) >= 11 is 5.07. The molecule has 2 aromatic carbocycles. The molecule has 0 fully saturated rings. The molecule has 2 aromatic rings. The molecule has 130 valence electrons. The van der Waals surface area contributed by atoms with Gasteiger partial charge < -0.3 is 15.2 Å². The average Bonchev–Trinajstić information content (AvgIpc) is 2.55. The number of carboxylic acids is 1. The Morgan fingerprint density at radius 3 is 2.32 bits per heavy atom. The van der Waals surface area contributed by atoms with Crippen molar-refractivity contribution in [1.29, 1.82) is 0 Å². The highest BCUT2D eigenvalue weighted by Crippen LogP contribution is 2.11. The number of hydrogen-bond donors (Lipinski definition) is 3. The van der Waals surface area contributed by atoms with Gasteiger partial charge in [0.25, 0.3) is 5.91 Å². The van der Waals surface area contributed by atoms with Gasteiger partial charge in [-0.3, -0.25) is 14.9 Å². The van der Waals surface area contributed by atoms with Crippen molar-refractivity contribution in [3.8, 4) is 5.75 Å². The van der Waals surface area contributed by atoms with Crippen LogP contribution in [0.1, 0.15) is 11.1 Å². The SMILES string of the molecule is Cc1ccc(OCC(=O)NC(=S)Nc2ccc(CC(=O)O)cc2)cc1. The molecule has 3 N–H and O–H groups in total. The highest BCUT2D eigenvalue weighted by atomic mass is 32.1. The van der Waals surface area contributed by atoms with E-state index in [2.05, 4.69) is 10.6 Å². The summed E-state index contributed by atoms with van der Waals surface area (Å²) in [5.41, 5.74) is 2.44. The molecule has 0 spiro atoms. The van der Waals surface area contributed by atoms with Crippen molar-refractivity contribution >= 4 is 34.9 Å². The van der Waals surface area contributed by atoms with E-state index in [0.717, 1.165) is 5.56 Å². The fourth-order valence-electron chi connectivity index (χ4n) is 1.99. The molecule has 6 nitrogen and oxygen atoms in total. The van der Waals surface area contributed by atoms with Crippen LogP contribution in [0, 0.1) is 6.92 Å². The lowest BCUT2D eigenvalue weighted by Gasteiger charge is -2.11. The van der Waals surface area contributed by atoms with Crippen LogP contribution in [0.2, 0.25) is 0 Å². The van der Waals surface area contributed by atoms with Crippen LogP contribution < -0.4 is 15.4 Å². The van der Waals surface area contributed by atoms with E-state index in [9.17, 15) is 9.59 Å². The zero-order chi connectivity index (χ0) is 18.2. The van der Waals surface area contributed by atoms with Crippen molar-refractivity contribution in [1.82, 2.24) is 5.32 Å². The first kappa shape index (κ1) is 18.4. The van der Waals surface area contributed by atoms with Crippen molar-refractivity contribution in [3.05, 3.63) is 59.7 Å². The molecule has 0 aliphatic carbocycles. The number of nitrogens with one attached hydrogen (secondary N) is 2. The zero-order valence-corrected chi connectivity index (χ0v) is 14.4. The standard InChI is InChI=1S/C18H18N2O4S/c1-12-2-8-15(9-3-12)24-11-16(21)20-18(25)19-14-6-4-13(5-7-14)10-17(22)23/h2-9H,10-11H2,1H3,(H,22,23)(H2,19,20,21,25). The van der Waals surface area contributed by atoms with Gasteiger partial charge in [0.2, 0.25) is 0 Å². The third-order valence-corrected chi connectivity index (χ3v) is 3.42. The second kappa shape index (κ2) is 8.79. The Morgan fingerprint density at radius 1 is 1.08 bits per heavy atom. The number of aliphatic carboxylic acids is 1. The van der Waals surface area contributed by atoms with Crippen molar-refractivity contribution in [2.24, 2.45) is 0 Å². The maximum atomic E-state index is 11.8. The minimum absolute atomic E-state index is 0.0438. The Kier molecular flexibility index (Phi) is 6.47. The summed E-state index contributed by atoms with van der Waals surface area (Å²) < 4.78 is 5.37. The molecule has 0 unspecified atom stereocenters. The van der Waals surface area contributed by atoms with Crippen LogP contribution in [0.15, 0.2) is 48.5 Å². The molecule has 7 heteroatoms. The first-order chi connectivity index (χ1) is 11.9. The van der Waals surface area contributed by atoms with Crippen molar-refractivity contribution < 1.29 is 19.4 Å². The number of carboxylic acid groups (broad SMARTS) is 1. The van der Waals surface area contributed by atoms with E-state index >= 15 is 0 Å². The Balaban J connectivity index is 1.78. The molecule has 0 aliphatic rings. The highest BCUT2D eigenvalue weighted by molar-refractivity contribution is 7.80. The number of anilines is 1. The van der Waals surface area contributed by atoms with Gasteiger partial charge >= 0.3 is 5.97 Å². The summed E-state index contributed by atoms with van der Waals surface area (Å²) in [5, 5.41) is 14.2. The van der Waals surface area contributed by atoms with Gasteiger partial charge in [-0.1, -0.05) is 29.8 Å². The van der Waals surface area contributed by atoms with Crippen molar-refractivity contribution in [2.75, 3.05) is 11.9 Å². The summed E-state index contributed by atoms with van der Waals surface area (Å²) in [6, 6.07) is 14.1. The molecule has 0 heterocycles. The highest BCUT2D eigenvalue weighted by Gasteiger charge is 2.07. The van der Waals surface area contributed by atoms with Crippen molar-refractivity contribution in [3.63, 3.8) is 0 Å². The number of hydrogen-bond acceptors (Lipinski definition) is 4. The summed E-state index contributed by atoms with van der Waals surface area (Å²) in [5.74, 6) is -0.661. The van der Waals surface area contributed by atoms with Crippen LogP contribution in [0.25, 0.3) is 0 Å². The summed E-state index contributed by atoms with van der Waals surface area (Å²) in [7, 11) is 0. The Labute approximate surface area is 150 Å². The van der Waals surface area contributed by atoms with Crippen LogP contribution in [0.3, 0.4) is 0 Å². The number of rotatable bonds is 6. The lowest BCUT2D eigenvalue weighted by atomic mass is 10.1. The maximum Gasteiger partial charge on any atom is 0.307 e. The normalized spacial score (nSPS) is 9.96. The van der Waals surface area contributed by atoms with Crippen LogP contribution in [0.5, 0.6) is 5.75 Å². The summed E-state index contributed by atoms with van der Waals surface area (Å²) in [6.07, 6.45) is -0.0438. The number of aryl methyl sites for hydroxylation is 1. The van der Waals surface area contributed by atoms with E-state index < -0.39 is 5.97 Å². The monoisotopic (exact) mass is 358 g/mol. The van der Waals surface area contributed by atoms with Crippen LogP contribution in [-0.2, 0) is 16.0 Å². The quantitative estimate of drug-likeness (QED) is 0.688. The van der Waals surface area contributed by atoms with Crippen LogP contribution in [0.4, 0.5) is 5.69 Å². The van der Waals surface area contributed by atoms with Gasteiger partial charge in [-0.2, -0.15) is 0 Å².